The Kier molecular flexibility index (Phi) is 7.09. The number of hydrogen-bond donors (Lipinski definition) is 1. The first kappa shape index (κ1) is 24.1. The molecule has 5 rings (SSSR count). The fourth-order valence-corrected chi connectivity index (χ4v) is 5.85. The van der Waals surface area contributed by atoms with Gasteiger partial charge in [-0.2, -0.15) is 0 Å². The first-order chi connectivity index (χ1) is 17.5. The van der Waals surface area contributed by atoms with Crippen LogP contribution in [0.1, 0.15) is 64.1 Å². The summed E-state index contributed by atoms with van der Waals surface area (Å²) < 4.78 is 0. The first-order valence-electron chi connectivity index (χ1n) is 12.5. The van der Waals surface area contributed by atoms with Gasteiger partial charge in [0.1, 0.15) is 10.9 Å². The lowest BCUT2D eigenvalue weighted by atomic mass is 9.94. The van der Waals surface area contributed by atoms with Crippen molar-refractivity contribution >= 4 is 39.7 Å². The van der Waals surface area contributed by atoms with Crippen molar-refractivity contribution < 1.29 is 9.59 Å². The number of nitrogens with one attached hydrogen (secondary N) is 1. The number of anilines is 1. The second-order valence-corrected chi connectivity index (χ2v) is 10.6. The lowest BCUT2D eigenvalue weighted by molar-refractivity contribution is -0.123. The van der Waals surface area contributed by atoms with E-state index in [1.807, 2.05) is 74.5 Å². The number of rotatable bonds is 6. The van der Waals surface area contributed by atoms with E-state index in [-0.39, 0.29) is 17.9 Å². The molecule has 1 atom stereocenters. The molecule has 4 aromatic rings. The molecular weight excluding hydrogens is 468 g/mol. The summed E-state index contributed by atoms with van der Waals surface area (Å²) in [6, 6.07) is 18.5. The lowest BCUT2D eigenvalue weighted by Gasteiger charge is -2.33. The van der Waals surface area contributed by atoms with Crippen molar-refractivity contribution in [3.8, 4) is 0 Å². The van der Waals surface area contributed by atoms with Gasteiger partial charge in [0.2, 0.25) is 5.91 Å². The van der Waals surface area contributed by atoms with Gasteiger partial charge in [0.05, 0.1) is 28.1 Å². The van der Waals surface area contributed by atoms with Crippen molar-refractivity contribution in [2.45, 2.75) is 58.0 Å². The van der Waals surface area contributed by atoms with Crippen molar-refractivity contribution in [2.75, 3.05) is 4.90 Å². The number of aromatic nitrogens is 2. The third kappa shape index (κ3) is 5.02. The van der Waals surface area contributed by atoms with Gasteiger partial charge in [-0.05, 0) is 44.4 Å². The second kappa shape index (κ2) is 10.6. The van der Waals surface area contributed by atoms with E-state index in [4.69, 9.17) is 0 Å². The summed E-state index contributed by atoms with van der Waals surface area (Å²) in [7, 11) is 0. The Bertz CT molecular complexity index is 1380. The van der Waals surface area contributed by atoms with E-state index in [9.17, 15) is 9.59 Å². The summed E-state index contributed by atoms with van der Waals surface area (Å²) in [5, 5.41) is 4.99. The molecule has 1 aliphatic carbocycles. The van der Waals surface area contributed by atoms with Crippen LogP contribution in [0, 0.1) is 13.8 Å². The smallest absolute Gasteiger partial charge is 0.271 e. The van der Waals surface area contributed by atoms with Crippen LogP contribution in [0.4, 0.5) is 5.69 Å². The minimum atomic E-state index is -0.842. The predicted octanol–water partition coefficient (Wildman–Crippen LogP) is 6.15. The Morgan fingerprint density at radius 1 is 1.00 bits per heavy atom. The van der Waals surface area contributed by atoms with Crippen molar-refractivity contribution in [1.82, 2.24) is 15.3 Å². The van der Waals surface area contributed by atoms with Crippen LogP contribution < -0.4 is 10.2 Å². The van der Waals surface area contributed by atoms with E-state index < -0.39 is 6.04 Å². The molecule has 1 aliphatic rings. The van der Waals surface area contributed by atoms with Crippen LogP contribution in [0.15, 0.2) is 66.9 Å². The first-order valence-corrected chi connectivity index (χ1v) is 13.3. The largest absolute Gasteiger partial charge is 0.351 e. The number of thiazole rings is 1. The van der Waals surface area contributed by atoms with E-state index in [0.717, 1.165) is 47.2 Å². The number of fused-ring (bicyclic) bond motifs is 1. The molecule has 0 bridgehead atoms. The molecule has 2 aromatic heterocycles. The quantitative estimate of drug-likeness (QED) is 0.346. The van der Waals surface area contributed by atoms with Gasteiger partial charge in [-0.25, -0.2) is 4.98 Å². The molecule has 1 N–H and O–H groups in total. The fraction of sp³-hybridized carbons (Fsp3) is 0.310. The summed E-state index contributed by atoms with van der Waals surface area (Å²) in [5.41, 5.74) is 2.84. The van der Waals surface area contributed by atoms with Crippen molar-refractivity contribution in [2.24, 2.45) is 0 Å². The number of pyridine rings is 1. The molecule has 0 spiro atoms. The standard InChI is InChI=1S/C29H30N4O2S/c1-19-27(36-20(2)31-19)29(35)33(24-17-22-13-9-10-16-25(22)30-18-24)26(21-11-5-3-6-12-21)28(34)32-23-14-7-4-8-15-23/h3,5-6,9-13,16-18,23,26H,4,7-8,14-15H2,1-2H3,(H,32,34). The average molecular weight is 499 g/mol. The van der Waals surface area contributed by atoms with Crippen LogP contribution in [0.3, 0.4) is 0 Å². The van der Waals surface area contributed by atoms with Gasteiger partial charge in [-0.1, -0.05) is 67.8 Å². The maximum absolute atomic E-state index is 14.2. The van der Waals surface area contributed by atoms with Gasteiger partial charge >= 0.3 is 0 Å². The molecule has 1 unspecified atom stereocenters. The number of aryl methyl sites for hydroxylation is 2. The van der Waals surface area contributed by atoms with E-state index in [1.165, 1.54) is 17.8 Å². The number of amides is 2. The minimum Gasteiger partial charge on any atom is -0.351 e. The number of carbonyl (C=O) groups excluding carboxylic acids is 2. The Morgan fingerprint density at radius 2 is 1.72 bits per heavy atom. The highest BCUT2D eigenvalue weighted by molar-refractivity contribution is 7.13. The van der Waals surface area contributed by atoms with Crippen LogP contribution in [-0.4, -0.2) is 27.8 Å². The molecule has 2 aromatic carbocycles. The number of hydrogen-bond acceptors (Lipinski definition) is 5. The van der Waals surface area contributed by atoms with E-state index in [0.29, 0.717) is 16.3 Å². The summed E-state index contributed by atoms with van der Waals surface area (Å²) in [5.74, 6) is -0.420. The molecule has 0 radical (unpaired) electrons. The maximum Gasteiger partial charge on any atom is 0.271 e. The predicted molar refractivity (Wildman–Crippen MR) is 144 cm³/mol. The monoisotopic (exact) mass is 498 g/mol. The Balaban J connectivity index is 1.64. The van der Waals surface area contributed by atoms with Crippen LogP contribution in [0.25, 0.3) is 10.9 Å². The highest BCUT2D eigenvalue weighted by Gasteiger charge is 2.36. The van der Waals surface area contributed by atoms with E-state index in [2.05, 4.69) is 15.3 Å². The van der Waals surface area contributed by atoms with Gasteiger partial charge in [-0.15, -0.1) is 11.3 Å². The normalized spacial score (nSPS) is 14.9. The number of carbonyl (C=O) groups is 2. The number of benzene rings is 2. The summed E-state index contributed by atoms with van der Waals surface area (Å²) in [4.78, 5) is 39.4. The average Bonchev–Trinajstić information content (AvgIpc) is 3.25. The zero-order chi connectivity index (χ0) is 25.1. The van der Waals surface area contributed by atoms with Crippen LogP contribution in [0.2, 0.25) is 0 Å². The molecule has 1 fully saturated rings. The zero-order valence-electron chi connectivity index (χ0n) is 20.6. The maximum atomic E-state index is 14.2. The molecule has 36 heavy (non-hydrogen) atoms. The molecule has 6 nitrogen and oxygen atoms in total. The van der Waals surface area contributed by atoms with E-state index in [1.54, 1.807) is 11.1 Å². The Hall–Kier alpha value is -3.58. The zero-order valence-corrected chi connectivity index (χ0v) is 21.4. The second-order valence-electron chi connectivity index (χ2n) is 9.37. The summed E-state index contributed by atoms with van der Waals surface area (Å²) in [6.07, 6.45) is 7.03. The lowest BCUT2D eigenvalue weighted by Crippen LogP contribution is -2.47. The van der Waals surface area contributed by atoms with E-state index >= 15 is 0 Å². The third-order valence-corrected chi connectivity index (χ3v) is 7.81. The molecule has 0 saturated heterocycles. The van der Waals surface area contributed by atoms with Gasteiger partial charge in [0.25, 0.3) is 5.91 Å². The van der Waals surface area contributed by atoms with Crippen LogP contribution in [0.5, 0.6) is 0 Å². The molecule has 0 aliphatic heterocycles. The Morgan fingerprint density at radius 3 is 2.44 bits per heavy atom. The fourth-order valence-electron chi connectivity index (χ4n) is 4.99. The van der Waals surface area contributed by atoms with Gasteiger partial charge in [0.15, 0.2) is 0 Å². The topological polar surface area (TPSA) is 75.2 Å². The third-order valence-electron chi connectivity index (χ3n) is 6.74. The molecule has 7 heteroatoms. The van der Waals surface area contributed by atoms with Crippen LogP contribution in [-0.2, 0) is 4.79 Å². The van der Waals surface area contributed by atoms with Gasteiger partial charge in [-0.3, -0.25) is 19.5 Å². The van der Waals surface area contributed by atoms with Crippen molar-refractivity contribution in [3.63, 3.8) is 0 Å². The molecule has 2 amide bonds. The van der Waals surface area contributed by atoms with Gasteiger partial charge < -0.3 is 5.32 Å². The summed E-state index contributed by atoms with van der Waals surface area (Å²) >= 11 is 1.35. The minimum absolute atomic E-state index is 0.122. The highest BCUT2D eigenvalue weighted by atomic mass is 32.1. The molecule has 184 valence electrons. The van der Waals surface area contributed by atoms with Crippen molar-refractivity contribution in [1.29, 1.82) is 0 Å². The van der Waals surface area contributed by atoms with Crippen molar-refractivity contribution in [3.05, 3.63) is 88.0 Å². The molecule has 1 saturated carbocycles. The number of nitrogens with zero attached hydrogens (tertiary/aromatic N) is 3. The number of para-hydroxylation sites is 1. The summed E-state index contributed by atoms with van der Waals surface area (Å²) in [6.45, 7) is 3.73. The van der Waals surface area contributed by atoms with Crippen LogP contribution >= 0.6 is 11.3 Å². The Labute approximate surface area is 215 Å². The highest BCUT2D eigenvalue weighted by Crippen LogP contribution is 2.33. The molecular formula is C29H30N4O2S. The SMILES string of the molecule is Cc1nc(C)c(C(=O)N(c2cnc3ccccc3c2)C(C(=O)NC2CCCCC2)c2ccccc2)s1. The van der Waals surface area contributed by atoms with Gasteiger partial charge in [0, 0.05) is 11.4 Å². The molecule has 2 heterocycles.